The van der Waals surface area contributed by atoms with Crippen molar-refractivity contribution in [2.75, 3.05) is 0 Å². The van der Waals surface area contributed by atoms with Gasteiger partial charge in [0, 0.05) is 5.92 Å². The van der Waals surface area contributed by atoms with Crippen molar-refractivity contribution in [3.63, 3.8) is 0 Å². The highest BCUT2D eigenvalue weighted by molar-refractivity contribution is 5.84. The summed E-state index contributed by atoms with van der Waals surface area (Å²) >= 11 is 0. The van der Waals surface area contributed by atoms with Gasteiger partial charge in [-0.2, -0.15) is 0 Å². The molecule has 1 aliphatic rings. The maximum atomic E-state index is 9.96. The molecule has 1 aliphatic carbocycles. The Morgan fingerprint density at radius 3 is 1.97 bits per heavy atom. The van der Waals surface area contributed by atoms with Crippen LogP contribution >= 0.6 is 0 Å². The Labute approximate surface area is 170 Å². The third-order valence-corrected chi connectivity index (χ3v) is 6.01. The molecule has 4 aromatic rings. The van der Waals surface area contributed by atoms with Crippen molar-refractivity contribution >= 4 is 0 Å². The number of phenols is 2. The molecule has 29 heavy (non-hydrogen) atoms. The molecular weight excluding hydrogens is 356 g/mol. The second kappa shape index (κ2) is 6.52. The Morgan fingerprint density at radius 1 is 0.586 bits per heavy atom. The molecule has 4 aromatic carbocycles. The van der Waals surface area contributed by atoms with E-state index in [4.69, 9.17) is 0 Å². The van der Waals surface area contributed by atoms with Crippen molar-refractivity contribution in [3.8, 4) is 33.8 Å². The van der Waals surface area contributed by atoms with Crippen LogP contribution in [0, 0.1) is 13.8 Å². The van der Waals surface area contributed by atoms with Crippen molar-refractivity contribution in [2.24, 2.45) is 0 Å². The maximum absolute atomic E-state index is 9.96. The molecule has 0 spiro atoms. The third-order valence-electron chi connectivity index (χ3n) is 6.01. The second-order valence-electron chi connectivity index (χ2n) is 7.87. The van der Waals surface area contributed by atoms with Gasteiger partial charge in [-0.3, -0.25) is 0 Å². The third kappa shape index (κ3) is 2.80. The number of phenolic OH excluding ortho intramolecular Hbond substituents is 2. The summed E-state index contributed by atoms with van der Waals surface area (Å²) in [5.41, 5.74) is 10.3. The fraction of sp³-hybridized carbons (Fsp3) is 0.111. The van der Waals surface area contributed by atoms with Crippen LogP contribution in [0.15, 0.2) is 78.9 Å². The van der Waals surface area contributed by atoms with Crippen LogP contribution in [-0.4, -0.2) is 10.2 Å². The quantitative estimate of drug-likeness (QED) is 0.366. The Hall–Kier alpha value is -3.52. The van der Waals surface area contributed by atoms with Crippen LogP contribution in [-0.2, 0) is 0 Å². The molecule has 0 radical (unpaired) electrons. The van der Waals surface area contributed by atoms with Crippen LogP contribution < -0.4 is 0 Å². The minimum atomic E-state index is 0.163. The highest BCUT2D eigenvalue weighted by Gasteiger charge is 2.30. The van der Waals surface area contributed by atoms with Crippen LogP contribution in [0.1, 0.15) is 33.7 Å². The molecule has 0 amide bonds. The Bertz CT molecular complexity index is 1250. The predicted molar refractivity (Wildman–Crippen MR) is 118 cm³/mol. The van der Waals surface area contributed by atoms with Gasteiger partial charge in [0.15, 0.2) is 0 Å². The normalized spacial score (nSPS) is 14.5. The van der Waals surface area contributed by atoms with E-state index in [1.165, 1.54) is 27.8 Å². The van der Waals surface area contributed by atoms with Gasteiger partial charge in [0.2, 0.25) is 0 Å². The van der Waals surface area contributed by atoms with Crippen molar-refractivity contribution in [3.05, 3.63) is 107 Å². The molecule has 0 aromatic heterocycles. The lowest BCUT2D eigenvalue weighted by molar-refractivity contribution is 0.470. The first kappa shape index (κ1) is 17.6. The largest absolute Gasteiger partial charge is 0.508 e. The van der Waals surface area contributed by atoms with E-state index in [0.29, 0.717) is 11.5 Å². The lowest BCUT2D eigenvalue weighted by atomic mass is 9.88. The van der Waals surface area contributed by atoms with Crippen LogP contribution in [0.2, 0.25) is 0 Å². The molecule has 0 bridgehead atoms. The van der Waals surface area contributed by atoms with E-state index in [2.05, 4.69) is 48.5 Å². The molecule has 2 N–H and O–H groups in total. The molecule has 0 saturated heterocycles. The summed E-state index contributed by atoms with van der Waals surface area (Å²) in [5, 5.41) is 19.8. The van der Waals surface area contributed by atoms with E-state index in [0.717, 1.165) is 22.3 Å². The molecule has 2 nitrogen and oxygen atoms in total. The average Bonchev–Trinajstić information content (AvgIpc) is 3.06. The zero-order chi connectivity index (χ0) is 20.1. The number of rotatable bonds is 2. The minimum absolute atomic E-state index is 0.163. The number of hydrogen-bond donors (Lipinski definition) is 2. The summed E-state index contributed by atoms with van der Waals surface area (Å²) in [4.78, 5) is 0. The average molecular weight is 378 g/mol. The molecule has 2 heteroatoms. The summed E-state index contributed by atoms with van der Waals surface area (Å²) in [7, 11) is 0. The van der Waals surface area contributed by atoms with Gasteiger partial charge in [-0.25, -0.2) is 0 Å². The highest BCUT2D eigenvalue weighted by atomic mass is 16.3. The lowest BCUT2D eigenvalue weighted by Gasteiger charge is -2.16. The zero-order valence-electron chi connectivity index (χ0n) is 16.5. The van der Waals surface area contributed by atoms with Crippen LogP contribution in [0.4, 0.5) is 0 Å². The Balaban J connectivity index is 1.69. The summed E-state index contributed by atoms with van der Waals surface area (Å²) in [6.07, 6.45) is 0. The standard InChI is InChI=1S/C27H22O2/c1-16-13-18(8-11-25(16)28)19-7-10-23-24(15-19)21-5-3-4-6-22(21)27(23)20-9-12-26(29)17(2)14-20/h3-15,27-29H,1-2H3. The highest BCUT2D eigenvalue weighted by Crippen LogP contribution is 2.49. The summed E-state index contributed by atoms with van der Waals surface area (Å²) < 4.78 is 0. The Morgan fingerprint density at radius 2 is 1.21 bits per heavy atom. The summed E-state index contributed by atoms with van der Waals surface area (Å²) in [6.45, 7) is 3.86. The van der Waals surface area contributed by atoms with Crippen molar-refractivity contribution in [1.29, 1.82) is 0 Å². The predicted octanol–water partition coefficient (Wildman–Crippen LogP) is 6.54. The molecule has 0 aliphatic heterocycles. The smallest absolute Gasteiger partial charge is 0.118 e. The van der Waals surface area contributed by atoms with Gasteiger partial charge in [-0.1, -0.05) is 54.6 Å². The molecular formula is C27H22O2. The number of benzene rings is 4. The lowest BCUT2D eigenvalue weighted by Crippen LogP contribution is -1.99. The molecule has 142 valence electrons. The molecule has 5 rings (SSSR count). The topological polar surface area (TPSA) is 40.5 Å². The minimum Gasteiger partial charge on any atom is -0.508 e. The van der Waals surface area contributed by atoms with Crippen molar-refractivity contribution in [1.82, 2.24) is 0 Å². The number of aryl methyl sites for hydroxylation is 2. The fourth-order valence-corrected chi connectivity index (χ4v) is 4.43. The van der Waals surface area contributed by atoms with Crippen LogP contribution in [0.5, 0.6) is 11.5 Å². The summed E-state index contributed by atoms with van der Waals surface area (Å²) in [5.74, 6) is 0.817. The van der Waals surface area contributed by atoms with Gasteiger partial charge in [-0.15, -0.1) is 0 Å². The zero-order valence-corrected chi connectivity index (χ0v) is 16.5. The second-order valence-corrected chi connectivity index (χ2v) is 7.87. The molecule has 0 saturated carbocycles. The molecule has 0 fully saturated rings. The number of fused-ring (bicyclic) bond motifs is 3. The van der Waals surface area contributed by atoms with E-state index in [1.807, 2.05) is 32.0 Å². The van der Waals surface area contributed by atoms with Gasteiger partial charge >= 0.3 is 0 Å². The van der Waals surface area contributed by atoms with Gasteiger partial charge in [-0.05, 0) is 88.2 Å². The molecule has 1 atom stereocenters. The maximum Gasteiger partial charge on any atom is 0.118 e. The SMILES string of the molecule is Cc1cc(-c2ccc3c(c2)-c2ccccc2C3c2ccc(O)c(C)c2)ccc1O. The van der Waals surface area contributed by atoms with E-state index in [9.17, 15) is 10.2 Å². The number of aromatic hydroxyl groups is 2. The van der Waals surface area contributed by atoms with Crippen molar-refractivity contribution in [2.45, 2.75) is 19.8 Å². The summed E-state index contributed by atoms with van der Waals surface area (Å²) in [6, 6.07) is 26.9. The molecule has 1 unspecified atom stereocenters. The fourth-order valence-electron chi connectivity index (χ4n) is 4.43. The van der Waals surface area contributed by atoms with Gasteiger partial charge < -0.3 is 10.2 Å². The first-order chi connectivity index (χ1) is 14.0. The van der Waals surface area contributed by atoms with Gasteiger partial charge in [0.1, 0.15) is 11.5 Å². The van der Waals surface area contributed by atoms with E-state index in [-0.39, 0.29) is 5.92 Å². The van der Waals surface area contributed by atoms with E-state index in [1.54, 1.807) is 12.1 Å². The molecule has 0 heterocycles. The van der Waals surface area contributed by atoms with Gasteiger partial charge in [0.25, 0.3) is 0 Å². The monoisotopic (exact) mass is 378 g/mol. The van der Waals surface area contributed by atoms with Crippen LogP contribution in [0.3, 0.4) is 0 Å². The van der Waals surface area contributed by atoms with E-state index < -0.39 is 0 Å². The first-order valence-electron chi connectivity index (χ1n) is 9.85. The first-order valence-corrected chi connectivity index (χ1v) is 9.85. The van der Waals surface area contributed by atoms with Gasteiger partial charge in [0.05, 0.1) is 0 Å². The number of hydrogen-bond acceptors (Lipinski definition) is 2. The van der Waals surface area contributed by atoms with E-state index >= 15 is 0 Å². The van der Waals surface area contributed by atoms with Crippen molar-refractivity contribution < 1.29 is 10.2 Å². The van der Waals surface area contributed by atoms with Crippen LogP contribution in [0.25, 0.3) is 22.3 Å². The Kier molecular flexibility index (Phi) is 3.95.